The van der Waals surface area contributed by atoms with Crippen LogP contribution in [-0.4, -0.2) is 16.7 Å². The molecule has 88 valence electrons. The molecule has 1 heterocycles. The monoisotopic (exact) mass is 470 g/mol. The topological polar surface area (TPSA) is 37.4 Å². The van der Waals surface area contributed by atoms with Crippen LogP contribution in [0, 0.1) is 3.57 Å². The van der Waals surface area contributed by atoms with E-state index in [1.54, 1.807) is 0 Å². The van der Waals surface area contributed by atoms with Crippen LogP contribution in [0.4, 0.5) is 0 Å². The number of carbonyl (C=O) groups excluding carboxylic acids is 2. The Hall–Kier alpha value is -0.210. The highest BCUT2D eigenvalue weighted by Crippen LogP contribution is 2.30. The minimum absolute atomic E-state index is 0.288. The Bertz CT molecular complexity index is 518. The fourth-order valence-corrected chi connectivity index (χ4v) is 2.91. The number of benzene rings is 1. The third-order valence-corrected chi connectivity index (χ3v) is 5.03. The van der Waals surface area contributed by atoms with Gasteiger partial charge in [0, 0.05) is 0 Å². The highest BCUT2D eigenvalue weighted by atomic mass is 127. The van der Waals surface area contributed by atoms with Crippen LogP contribution >= 0.6 is 31.9 Å². The van der Waals surface area contributed by atoms with Crippen molar-refractivity contribution in [1.29, 1.82) is 0 Å². The largest absolute Gasteiger partial charge is 0.296 e. The highest BCUT2D eigenvalue weighted by Gasteiger charge is 2.35. The first-order valence-electron chi connectivity index (χ1n) is 4.68. The van der Waals surface area contributed by atoms with Crippen molar-refractivity contribution in [1.82, 2.24) is 4.90 Å². The average molecular weight is 472 g/mol. The summed E-state index contributed by atoms with van der Waals surface area (Å²) in [7, 11) is 0. The lowest BCUT2D eigenvalue weighted by Crippen LogP contribution is -3.34. The number of hydrogen-bond donors (Lipinski definition) is 0. The van der Waals surface area contributed by atoms with Gasteiger partial charge in [0.05, 0.1) is 6.54 Å². The number of carbonyl (C=O) groups is 2. The van der Waals surface area contributed by atoms with Gasteiger partial charge < -0.3 is 0 Å². The maximum Gasteiger partial charge on any atom is 0.296 e. The van der Waals surface area contributed by atoms with Crippen molar-refractivity contribution in [3.05, 3.63) is 42.4 Å². The molecule has 0 saturated carbocycles. The molecule has 0 spiro atoms. The van der Waals surface area contributed by atoms with E-state index in [0.29, 0.717) is 6.54 Å². The van der Waals surface area contributed by atoms with E-state index in [1.165, 1.54) is 4.90 Å². The standard InChI is InChI=1S/C11H7Br2INO2/c12-8-9(13)11(17)15(10(8)16)5-6-2-1-3-7(14)4-6/h1-4,14H,5H2/q+1. The fraction of sp³-hybridized carbons (Fsp3) is 0.0909. The molecule has 0 unspecified atom stereocenters. The minimum atomic E-state index is -0.302. The van der Waals surface area contributed by atoms with Crippen LogP contribution in [-0.2, 0) is 16.1 Å². The smallest absolute Gasteiger partial charge is 0.269 e. The summed E-state index contributed by atoms with van der Waals surface area (Å²) >= 11 is 8.10. The molecule has 2 rings (SSSR count). The Morgan fingerprint density at radius 2 is 1.71 bits per heavy atom. The van der Waals surface area contributed by atoms with E-state index in [2.05, 4.69) is 31.9 Å². The SMILES string of the molecule is O=C1C(Br)=C(Br)C(=O)N1Cc1cccc([IH+])c1. The molecule has 0 aromatic heterocycles. The van der Waals surface area contributed by atoms with Gasteiger partial charge in [0.25, 0.3) is 34.4 Å². The number of amides is 2. The maximum atomic E-state index is 11.8. The van der Waals surface area contributed by atoms with Crippen molar-refractivity contribution < 1.29 is 32.2 Å². The quantitative estimate of drug-likeness (QED) is 0.410. The van der Waals surface area contributed by atoms with Gasteiger partial charge in [0.1, 0.15) is 8.96 Å². The molecule has 1 aromatic rings. The molecule has 0 atom stereocenters. The molecule has 0 bridgehead atoms. The molecule has 3 nitrogen and oxygen atoms in total. The van der Waals surface area contributed by atoms with Gasteiger partial charge in [-0.3, -0.25) is 14.5 Å². The van der Waals surface area contributed by atoms with Gasteiger partial charge >= 0.3 is 0 Å². The van der Waals surface area contributed by atoms with E-state index in [-0.39, 0.29) is 20.8 Å². The first-order chi connectivity index (χ1) is 8.00. The molecule has 1 aliphatic heterocycles. The molecule has 1 aliphatic rings. The van der Waals surface area contributed by atoms with E-state index < -0.39 is 0 Å². The summed E-state index contributed by atoms with van der Waals surface area (Å²) in [6, 6.07) is 7.75. The molecule has 0 N–H and O–H groups in total. The number of imide groups is 1. The van der Waals surface area contributed by atoms with Crippen molar-refractivity contribution in [3.8, 4) is 0 Å². The minimum Gasteiger partial charge on any atom is -0.269 e. The molecule has 0 saturated heterocycles. The van der Waals surface area contributed by atoms with Crippen LogP contribution in [0.5, 0.6) is 0 Å². The summed E-state index contributed by atoms with van der Waals surface area (Å²) in [6.07, 6.45) is 0. The molecule has 17 heavy (non-hydrogen) atoms. The van der Waals surface area contributed by atoms with Gasteiger partial charge in [-0.2, -0.15) is 0 Å². The summed E-state index contributed by atoms with van der Waals surface area (Å²) in [5, 5.41) is 0. The molecule has 0 radical (unpaired) electrons. The van der Waals surface area contributed by atoms with E-state index >= 15 is 0 Å². The molecular formula is C11H7Br2INO2+. The third kappa shape index (κ3) is 2.63. The second-order valence-corrected chi connectivity index (χ2v) is 6.40. The van der Waals surface area contributed by atoms with Gasteiger partial charge in [-0.05, 0) is 49.6 Å². The Balaban J connectivity index is 2.22. The van der Waals surface area contributed by atoms with Crippen LogP contribution in [0.3, 0.4) is 0 Å². The lowest BCUT2D eigenvalue weighted by molar-refractivity contribution is -0.328. The van der Waals surface area contributed by atoms with Gasteiger partial charge in [-0.25, -0.2) is 0 Å². The van der Waals surface area contributed by atoms with Gasteiger partial charge in [-0.15, -0.1) is 0 Å². The number of rotatable bonds is 2. The molecule has 6 heteroatoms. The Morgan fingerprint density at radius 3 is 2.24 bits per heavy atom. The zero-order valence-electron chi connectivity index (χ0n) is 8.44. The van der Waals surface area contributed by atoms with Crippen LogP contribution in [0.25, 0.3) is 0 Å². The normalized spacial score (nSPS) is 16.1. The lowest BCUT2D eigenvalue weighted by Gasteiger charge is -2.13. The zero-order valence-corrected chi connectivity index (χ0v) is 13.9. The third-order valence-electron chi connectivity index (χ3n) is 2.30. The van der Waals surface area contributed by atoms with Crippen LogP contribution < -0.4 is 22.6 Å². The average Bonchev–Trinajstić information content (AvgIpc) is 2.47. The second kappa shape index (κ2) is 5.19. The van der Waals surface area contributed by atoms with Gasteiger partial charge in [0.2, 0.25) is 0 Å². The van der Waals surface area contributed by atoms with E-state index in [4.69, 9.17) is 0 Å². The molecule has 1 aromatic carbocycles. The molecule has 0 fully saturated rings. The fourth-order valence-electron chi connectivity index (χ4n) is 1.49. The molecule has 0 aliphatic carbocycles. The van der Waals surface area contributed by atoms with E-state index in [0.717, 1.165) is 9.13 Å². The summed E-state index contributed by atoms with van der Waals surface area (Å²) in [4.78, 5) is 24.8. The number of hydrogen-bond acceptors (Lipinski definition) is 2. The van der Waals surface area contributed by atoms with Crippen molar-refractivity contribution in [2.45, 2.75) is 6.54 Å². The summed E-state index contributed by atoms with van der Waals surface area (Å²) in [6.45, 7) is 0.297. The van der Waals surface area contributed by atoms with Gasteiger partial charge in [-0.1, -0.05) is 12.1 Å². The first kappa shape index (κ1) is 13.2. The summed E-state index contributed by atoms with van der Waals surface area (Å²) in [5.41, 5.74) is 0.942. The van der Waals surface area contributed by atoms with E-state index in [1.807, 2.05) is 46.9 Å². The predicted molar refractivity (Wildman–Crippen MR) is 67.0 cm³/mol. The second-order valence-electron chi connectivity index (χ2n) is 3.47. The molecule has 2 amide bonds. The van der Waals surface area contributed by atoms with E-state index in [9.17, 15) is 9.59 Å². The van der Waals surface area contributed by atoms with Crippen molar-refractivity contribution >= 4 is 43.7 Å². The first-order valence-corrected chi connectivity index (χ1v) is 7.43. The maximum absolute atomic E-state index is 11.8. The highest BCUT2D eigenvalue weighted by molar-refractivity contribution is 9.14. The lowest BCUT2D eigenvalue weighted by atomic mass is 10.2. The van der Waals surface area contributed by atoms with Gasteiger partial charge in [0.15, 0.2) is 3.57 Å². The summed E-state index contributed by atoms with van der Waals surface area (Å²) in [5.74, 6) is -0.603. The summed E-state index contributed by atoms with van der Waals surface area (Å²) < 4.78 is 1.69. The Kier molecular flexibility index (Phi) is 4.04. The van der Waals surface area contributed by atoms with Crippen LogP contribution in [0.2, 0.25) is 0 Å². The number of halogens is 3. The van der Waals surface area contributed by atoms with Crippen molar-refractivity contribution in [2.24, 2.45) is 0 Å². The van der Waals surface area contributed by atoms with Crippen LogP contribution in [0.15, 0.2) is 33.2 Å². The Morgan fingerprint density at radius 1 is 1.12 bits per heavy atom. The van der Waals surface area contributed by atoms with Crippen LogP contribution in [0.1, 0.15) is 5.56 Å². The molecular weight excluding hydrogens is 465 g/mol. The van der Waals surface area contributed by atoms with Crippen molar-refractivity contribution in [2.75, 3.05) is 0 Å². The number of nitrogens with zero attached hydrogens (tertiary/aromatic N) is 1. The van der Waals surface area contributed by atoms with Crippen molar-refractivity contribution in [3.63, 3.8) is 0 Å². The Labute approximate surface area is 129 Å². The predicted octanol–water partition coefficient (Wildman–Crippen LogP) is -0.988. The zero-order chi connectivity index (χ0) is 12.6.